The van der Waals surface area contributed by atoms with Crippen LogP contribution in [0.1, 0.15) is 38.6 Å². The summed E-state index contributed by atoms with van der Waals surface area (Å²) in [7, 11) is 1.64. The van der Waals surface area contributed by atoms with E-state index in [1.807, 2.05) is 48.5 Å². The van der Waals surface area contributed by atoms with E-state index in [4.69, 9.17) is 9.72 Å². The molecule has 5 nitrogen and oxygen atoms in total. The summed E-state index contributed by atoms with van der Waals surface area (Å²) >= 11 is 0. The summed E-state index contributed by atoms with van der Waals surface area (Å²) < 4.78 is 7.00. The van der Waals surface area contributed by atoms with Crippen molar-refractivity contribution in [2.75, 3.05) is 13.7 Å². The monoisotopic (exact) mass is 352 g/mol. The molecule has 1 atom stereocenters. The van der Waals surface area contributed by atoms with Crippen molar-refractivity contribution in [2.45, 2.75) is 32.7 Å². The van der Waals surface area contributed by atoms with Crippen LogP contribution in [-0.4, -0.2) is 23.2 Å². The van der Waals surface area contributed by atoms with Gasteiger partial charge in [0.2, 0.25) is 0 Å². The first-order valence-corrected chi connectivity index (χ1v) is 9.19. The largest absolute Gasteiger partial charge is 0.497 e. The third-order valence-corrected chi connectivity index (χ3v) is 4.64. The van der Waals surface area contributed by atoms with Crippen molar-refractivity contribution >= 4 is 10.9 Å². The smallest absolute Gasteiger partial charge is 0.266 e. The molecule has 2 aromatic carbocycles. The molecule has 0 unspecified atom stereocenters. The van der Waals surface area contributed by atoms with Crippen LogP contribution in [0.15, 0.2) is 53.3 Å². The summed E-state index contributed by atoms with van der Waals surface area (Å²) in [6.07, 6.45) is 1.98. The fourth-order valence-corrected chi connectivity index (χ4v) is 3.20. The Morgan fingerprint density at radius 1 is 1.12 bits per heavy atom. The van der Waals surface area contributed by atoms with E-state index in [1.54, 1.807) is 11.7 Å². The Kier molecular flexibility index (Phi) is 5.68. The molecular formula is C21H26N3O2+. The van der Waals surface area contributed by atoms with Crippen LogP contribution < -0.4 is 15.6 Å². The fourth-order valence-electron chi connectivity index (χ4n) is 3.20. The Hall–Kier alpha value is -2.66. The van der Waals surface area contributed by atoms with E-state index >= 15 is 0 Å². The van der Waals surface area contributed by atoms with Crippen LogP contribution >= 0.6 is 0 Å². The van der Waals surface area contributed by atoms with E-state index in [1.165, 1.54) is 0 Å². The lowest BCUT2D eigenvalue weighted by atomic mass is 10.1. The molecule has 0 bridgehead atoms. The van der Waals surface area contributed by atoms with E-state index < -0.39 is 0 Å². The summed E-state index contributed by atoms with van der Waals surface area (Å²) in [5.41, 5.74) is 1.53. The van der Waals surface area contributed by atoms with Gasteiger partial charge < -0.3 is 10.1 Å². The molecule has 136 valence electrons. The van der Waals surface area contributed by atoms with Crippen LogP contribution in [0.5, 0.6) is 5.75 Å². The van der Waals surface area contributed by atoms with E-state index in [2.05, 4.69) is 19.2 Å². The van der Waals surface area contributed by atoms with Gasteiger partial charge in [-0.3, -0.25) is 9.36 Å². The summed E-state index contributed by atoms with van der Waals surface area (Å²) in [5, 5.41) is 2.91. The number of hydrogen-bond acceptors (Lipinski definition) is 3. The number of methoxy groups -OCH3 is 1. The molecule has 1 aromatic heterocycles. The van der Waals surface area contributed by atoms with Crippen molar-refractivity contribution < 1.29 is 10.1 Å². The molecule has 0 aliphatic heterocycles. The highest BCUT2D eigenvalue weighted by Crippen LogP contribution is 2.20. The minimum atomic E-state index is -0.0286. The van der Waals surface area contributed by atoms with Crippen LogP contribution in [0.25, 0.3) is 16.6 Å². The summed E-state index contributed by atoms with van der Waals surface area (Å²) in [4.78, 5) is 18.2. The first-order chi connectivity index (χ1) is 12.7. The summed E-state index contributed by atoms with van der Waals surface area (Å²) in [6, 6.07) is 15.2. The van der Waals surface area contributed by atoms with Crippen LogP contribution in [-0.2, 0) is 0 Å². The third-order valence-electron chi connectivity index (χ3n) is 4.64. The normalized spacial score (nSPS) is 12.3. The number of hydrogen-bond donors (Lipinski definition) is 1. The minimum absolute atomic E-state index is 0.0286. The Morgan fingerprint density at radius 2 is 1.85 bits per heavy atom. The Labute approximate surface area is 153 Å². The molecule has 0 amide bonds. The van der Waals surface area contributed by atoms with Gasteiger partial charge in [-0.25, -0.2) is 4.98 Å². The molecule has 3 rings (SSSR count). The molecule has 1 heterocycles. The lowest BCUT2D eigenvalue weighted by Gasteiger charge is -2.19. The van der Waals surface area contributed by atoms with Gasteiger partial charge in [-0.2, -0.15) is 0 Å². The maximum absolute atomic E-state index is 13.3. The number of quaternary nitrogens is 1. The van der Waals surface area contributed by atoms with Gasteiger partial charge in [0.05, 0.1) is 30.2 Å². The first-order valence-electron chi connectivity index (χ1n) is 9.19. The highest BCUT2D eigenvalue weighted by Gasteiger charge is 2.22. The van der Waals surface area contributed by atoms with Crippen LogP contribution in [0.4, 0.5) is 0 Å². The number of ether oxygens (including phenoxy) is 1. The molecular weight excluding hydrogens is 326 g/mol. The molecule has 0 spiro atoms. The molecule has 5 heteroatoms. The second kappa shape index (κ2) is 8.15. The van der Waals surface area contributed by atoms with Gasteiger partial charge in [-0.05, 0) is 42.8 Å². The lowest BCUT2D eigenvalue weighted by molar-refractivity contribution is -0.697. The fraction of sp³-hybridized carbons (Fsp3) is 0.333. The van der Waals surface area contributed by atoms with Crippen LogP contribution in [0, 0.1) is 0 Å². The summed E-state index contributed by atoms with van der Waals surface area (Å²) in [6.45, 7) is 5.30. The quantitative estimate of drug-likeness (QED) is 0.711. The maximum atomic E-state index is 13.3. The van der Waals surface area contributed by atoms with Crippen molar-refractivity contribution in [3.63, 3.8) is 0 Å². The molecule has 0 radical (unpaired) electrons. The molecule has 0 aliphatic carbocycles. The topological polar surface area (TPSA) is 60.7 Å². The highest BCUT2D eigenvalue weighted by molar-refractivity contribution is 5.77. The van der Waals surface area contributed by atoms with E-state index in [0.29, 0.717) is 5.39 Å². The third kappa shape index (κ3) is 3.48. The summed E-state index contributed by atoms with van der Waals surface area (Å²) in [5.74, 6) is 1.57. The standard InChI is InChI=1S/C21H25N3O2/c1-4-14-22-18(5-2)20-23-19-9-7-6-8-17(19)21(25)24(20)15-10-12-16(26-3)13-11-15/h6-13,18,22H,4-5,14H2,1-3H3/p+1/t18-/m0/s1. The van der Waals surface area contributed by atoms with Crippen molar-refractivity contribution in [3.8, 4) is 11.4 Å². The zero-order valence-electron chi connectivity index (χ0n) is 15.6. The van der Waals surface area contributed by atoms with E-state index in [9.17, 15) is 4.79 Å². The van der Waals surface area contributed by atoms with Gasteiger partial charge >= 0.3 is 0 Å². The van der Waals surface area contributed by atoms with Gasteiger partial charge in [-0.15, -0.1) is 0 Å². The lowest BCUT2D eigenvalue weighted by Crippen LogP contribution is -2.85. The van der Waals surface area contributed by atoms with Crippen LogP contribution in [0.2, 0.25) is 0 Å². The number of nitrogens with two attached hydrogens (primary N) is 1. The maximum Gasteiger partial charge on any atom is 0.266 e. The number of benzene rings is 2. The first kappa shape index (κ1) is 18.1. The Morgan fingerprint density at radius 3 is 2.50 bits per heavy atom. The average Bonchev–Trinajstić information content (AvgIpc) is 2.69. The van der Waals surface area contributed by atoms with Gasteiger partial charge in [0.1, 0.15) is 11.8 Å². The predicted octanol–water partition coefficient (Wildman–Crippen LogP) is 2.82. The molecule has 26 heavy (non-hydrogen) atoms. The van der Waals surface area contributed by atoms with Gasteiger partial charge in [0.15, 0.2) is 5.82 Å². The minimum Gasteiger partial charge on any atom is -0.497 e. The Bertz CT molecular complexity index is 932. The van der Waals surface area contributed by atoms with Crippen LogP contribution in [0.3, 0.4) is 0 Å². The van der Waals surface area contributed by atoms with Crippen molar-refractivity contribution in [3.05, 3.63) is 64.7 Å². The number of para-hydroxylation sites is 1. The van der Waals surface area contributed by atoms with E-state index in [0.717, 1.165) is 42.2 Å². The Balaban J connectivity index is 2.24. The molecule has 3 aromatic rings. The number of nitrogens with zero attached hydrogens (tertiary/aromatic N) is 2. The number of fused-ring (bicyclic) bond motifs is 1. The van der Waals surface area contributed by atoms with E-state index in [-0.39, 0.29) is 11.6 Å². The van der Waals surface area contributed by atoms with Crippen molar-refractivity contribution in [1.82, 2.24) is 9.55 Å². The van der Waals surface area contributed by atoms with Crippen molar-refractivity contribution in [1.29, 1.82) is 0 Å². The van der Waals surface area contributed by atoms with Gasteiger partial charge in [-0.1, -0.05) is 26.0 Å². The molecule has 0 saturated carbocycles. The average molecular weight is 352 g/mol. The highest BCUT2D eigenvalue weighted by atomic mass is 16.5. The zero-order valence-corrected chi connectivity index (χ0v) is 15.6. The molecule has 0 aliphatic rings. The second-order valence-corrected chi connectivity index (χ2v) is 6.36. The second-order valence-electron chi connectivity index (χ2n) is 6.36. The predicted molar refractivity (Wildman–Crippen MR) is 104 cm³/mol. The van der Waals surface area contributed by atoms with Crippen molar-refractivity contribution in [2.24, 2.45) is 0 Å². The molecule has 0 saturated heterocycles. The molecule has 2 N–H and O–H groups in total. The van der Waals surface area contributed by atoms with Gasteiger partial charge in [0, 0.05) is 6.42 Å². The number of aromatic nitrogens is 2. The SMILES string of the molecule is CCC[NH2+][C@@H](CC)c1nc2ccccc2c(=O)n1-c1ccc(OC)cc1. The van der Waals surface area contributed by atoms with Gasteiger partial charge in [0.25, 0.3) is 5.56 Å². The molecule has 0 fully saturated rings. The zero-order chi connectivity index (χ0) is 18.5. The number of rotatable bonds is 7.